The molecule has 1 unspecified atom stereocenters. The molecule has 1 amide bonds. The molecule has 2 aromatic rings. The fraction of sp³-hybridized carbons (Fsp3) is 0.389. The first-order valence-electron chi connectivity index (χ1n) is 7.76. The van der Waals surface area contributed by atoms with E-state index in [1.807, 2.05) is 25.2 Å². The average Bonchev–Trinajstić information content (AvgIpc) is 2.56. The molecule has 3 rings (SSSR count). The van der Waals surface area contributed by atoms with Crippen LogP contribution in [0.2, 0.25) is 0 Å². The third-order valence-electron chi connectivity index (χ3n) is 4.13. The smallest absolute Gasteiger partial charge is 0.224 e. The second-order valence-corrected chi connectivity index (χ2v) is 5.82. The van der Waals surface area contributed by atoms with E-state index in [-0.39, 0.29) is 11.9 Å². The first kappa shape index (κ1) is 15.0. The Morgan fingerprint density at radius 3 is 2.91 bits per heavy atom. The molecule has 0 aliphatic carbocycles. The molecule has 116 valence electrons. The zero-order valence-electron chi connectivity index (χ0n) is 12.9. The van der Waals surface area contributed by atoms with Crippen LogP contribution >= 0.6 is 0 Å². The molecule has 1 aliphatic rings. The lowest BCUT2D eigenvalue weighted by atomic mass is 10.0. The Hall–Kier alpha value is -1.91. The molecule has 1 heterocycles. The lowest BCUT2D eigenvalue weighted by Crippen LogP contribution is -2.44. The van der Waals surface area contributed by atoms with Crippen LogP contribution in [0, 0.1) is 0 Å². The SMILES string of the molecule is CN(Cc1cccc2ccccc12)C(=O)CC1COCCN1. The summed E-state index contributed by atoms with van der Waals surface area (Å²) in [7, 11) is 1.87. The minimum absolute atomic E-state index is 0.135. The van der Waals surface area contributed by atoms with Crippen LogP contribution in [0.1, 0.15) is 12.0 Å². The van der Waals surface area contributed by atoms with Crippen molar-refractivity contribution in [3.63, 3.8) is 0 Å². The Morgan fingerprint density at radius 2 is 2.09 bits per heavy atom. The van der Waals surface area contributed by atoms with Gasteiger partial charge in [0, 0.05) is 32.6 Å². The molecular weight excluding hydrogens is 276 g/mol. The molecule has 22 heavy (non-hydrogen) atoms. The normalized spacial score (nSPS) is 18.3. The number of nitrogens with one attached hydrogen (secondary N) is 1. The van der Waals surface area contributed by atoms with Gasteiger partial charge in [-0.2, -0.15) is 0 Å². The predicted octanol–water partition coefficient (Wildman–Crippen LogP) is 2.18. The van der Waals surface area contributed by atoms with Gasteiger partial charge in [-0.1, -0.05) is 42.5 Å². The maximum absolute atomic E-state index is 12.4. The van der Waals surface area contributed by atoms with Gasteiger partial charge in [-0.25, -0.2) is 0 Å². The molecule has 1 atom stereocenters. The standard InChI is InChI=1S/C18H22N2O2/c1-20(18(21)11-16-13-22-10-9-19-16)12-15-7-4-6-14-5-2-3-8-17(14)15/h2-8,16,19H,9-13H2,1H3. The van der Waals surface area contributed by atoms with E-state index in [1.54, 1.807) is 4.90 Å². The van der Waals surface area contributed by atoms with Gasteiger partial charge in [0.05, 0.1) is 13.2 Å². The van der Waals surface area contributed by atoms with Gasteiger partial charge in [-0.05, 0) is 16.3 Å². The monoisotopic (exact) mass is 298 g/mol. The lowest BCUT2D eigenvalue weighted by Gasteiger charge is -2.26. The molecule has 0 saturated carbocycles. The largest absolute Gasteiger partial charge is 0.378 e. The number of amides is 1. The highest BCUT2D eigenvalue weighted by molar-refractivity contribution is 5.86. The second kappa shape index (κ2) is 6.90. The summed E-state index contributed by atoms with van der Waals surface area (Å²) >= 11 is 0. The van der Waals surface area contributed by atoms with Crippen LogP contribution in [-0.4, -0.2) is 43.7 Å². The molecule has 0 aromatic heterocycles. The molecule has 4 heteroatoms. The highest BCUT2D eigenvalue weighted by Gasteiger charge is 2.19. The molecule has 1 aliphatic heterocycles. The number of carbonyl (C=O) groups excluding carboxylic acids is 1. The van der Waals surface area contributed by atoms with Crippen molar-refractivity contribution in [2.45, 2.75) is 19.0 Å². The van der Waals surface area contributed by atoms with Gasteiger partial charge in [0.15, 0.2) is 0 Å². The van der Waals surface area contributed by atoms with E-state index in [0.29, 0.717) is 19.6 Å². The number of hydrogen-bond acceptors (Lipinski definition) is 3. The summed E-state index contributed by atoms with van der Waals surface area (Å²) in [6.45, 7) is 2.81. The number of nitrogens with zero attached hydrogens (tertiary/aromatic N) is 1. The van der Waals surface area contributed by atoms with Crippen LogP contribution in [0.25, 0.3) is 10.8 Å². The van der Waals surface area contributed by atoms with E-state index in [4.69, 9.17) is 4.74 Å². The van der Waals surface area contributed by atoms with Gasteiger partial charge >= 0.3 is 0 Å². The van der Waals surface area contributed by atoms with E-state index in [0.717, 1.165) is 13.2 Å². The fourth-order valence-electron chi connectivity index (χ4n) is 2.89. The molecule has 1 fully saturated rings. The van der Waals surface area contributed by atoms with E-state index >= 15 is 0 Å². The minimum atomic E-state index is 0.135. The van der Waals surface area contributed by atoms with Crippen molar-refractivity contribution in [2.24, 2.45) is 0 Å². The van der Waals surface area contributed by atoms with Gasteiger partial charge in [-0.15, -0.1) is 0 Å². The molecule has 0 spiro atoms. The highest BCUT2D eigenvalue weighted by atomic mass is 16.5. The Morgan fingerprint density at radius 1 is 1.27 bits per heavy atom. The molecular formula is C18H22N2O2. The maximum Gasteiger partial charge on any atom is 0.224 e. The van der Waals surface area contributed by atoms with Crippen LogP contribution in [0.4, 0.5) is 0 Å². The zero-order chi connectivity index (χ0) is 15.4. The number of rotatable bonds is 4. The van der Waals surface area contributed by atoms with Crippen molar-refractivity contribution < 1.29 is 9.53 Å². The number of benzene rings is 2. The van der Waals surface area contributed by atoms with Gasteiger partial charge < -0.3 is 15.0 Å². The topological polar surface area (TPSA) is 41.6 Å². The summed E-state index contributed by atoms with van der Waals surface area (Å²) in [5.41, 5.74) is 1.18. The highest BCUT2D eigenvalue weighted by Crippen LogP contribution is 2.20. The summed E-state index contributed by atoms with van der Waals surface area (Å²) in [6, 6.07) is 14.7. The summed E-state index contributed by atoms with van der Waals surface area (Å²) in [5.74, 6) is 0.149. The zero-order valence-corrected chi connectivity index (χ0v) is 12.9. The van der Waals surface area contributed by atoms with E-state index in [2.05, 4.69) is 29.6 Å². The predicted molar refractivity (Wildman–Crippen MR) is 87.6 cm³/mol. The number of morpholine rings is 1. The van der Waals surface area contributed by atoms with Gasteiger partial charge in [-0.3, -0.25) is 4.79 Å². The average molecular weight is 298 g/mol. The fourth-order valence-corrected chi connectivity index (χ4v) is 2.89. The van der Waals surface area contributed by atoms with E-state index < -0.39 is 0 Å². The second-order valence-electron chi connectivity index (χ2n) is 5.82. The summed E-state index contributed by atoms with van der Waals surface area (Å²) < 4.78 is 5.41. The van der Waals surface area contributed by atoms with Crippen molar-refractivity contribution in [1.82, 2.24) is 10.2 Å². The Balaban J connectivity index is 1.67. The van der Waals surface area contributed by atoms with Crippen molar-refractivity contribution in [3.8, 4) is 0 Å². The van der Waals surface area contributed by atoms with Crippen LogP contribution in [0.5, 0.6) is 0 Å². The van der Waals surface area contributed by atoms with Crippen LogP contribution in [0.15, 0.2) is 42.5 Å². The first-order chi connectivity index (χ1) is 10.7. The Kier molecular flexibility index (Phi) is 4.71. The number of fused-ring (bicyclic) bond motifs is 1. The Labute approximate surface area is 131 Å². The molecule has 1 N–H and O–H groups in total. The third kappa shape index (κ3) is 3.46. The first-order valence-corrected chi connectivity index (χ1v) is 7.76. The molecule has 1 saturated heterocycles. The number of carbonyl (C=O) groups is 1. The molecule has 2 aromatic carbocycles. The van der Waals surface area contributed by atoms with Crippen molar-refractivity contribution in [3.05, 3.63) is 48.0 Å². The number of ether oxygens (including phenoxy) is 1. The lowest BCUT2D eigenvalue weighted by molar-refractivity contribution is -0.131. The van der Waals surface area contributed by atoms with Crippen molar-refractivity contribution in [2.75, 3.05) is 26.8 Å². The summed E-state index contributed by atoms with van der Waals surface area (Å²) in [4.78, 5) is 14.2. The van der Waals surface area contributed by atoms with Gasteiger partial charge in [0.1, 0.15) is 0 Å². The maximum atomic E-state index is 12.4. The molecule has 4 nitrogen and oxygen atoms in total. The third-order valence-corrected chi connectivity index (χ3v) is 4.13. The summed E-state index contributed by atoms with van der Waals surface area (Å²) in [6.07, 6.45) is 0.487. The quantitative estimate of drug-likeness (QED) is 0.940. The van der Waals surface area contributed by atoms with Gasteiger partial charge in [0.25, 0.3) is 0 Å². The molecule has 0 bridgehead atoms. The Bertz CT molecular complexity index is 645. The van der Waals surface area contributed by atoms with E-state index in [1.165, 1.54) is 16.3 Å². The number of hydrogen-bond donors (Lipinski definition) is 1. The van der Waals surface area contributed by atoms with Gasteiger partial charge in [0.2, 0.25) is 5.91 Å². The van der Waals surface area contributed by atoms with Crippen LogP contribution in [0.3, 0.4) is 0 Å². The van der Waals surface area contributed by atoms with E-state index in [9.17, 15) is 4.79 Å². The van der Waals surface area contributed by atoms with Crippen LogP contribution in [-0.2, 0) is 16.1 Å². The van der Waals surface area contributed by atoms with Crippen molar-refractivity contribution >= 4 is 16.7 Å². The van der Waals surface area contributed by atoms with Crippen molar-refractivity contribution in [1.29, 1.82) is 0 Å². The molecule has 0 radical (unpaired) electrons. The van der Waals surface area contributed by atoms with Crippen LogP contribution < -0.4 is 5.32 Å². The summed E-state index contributed by atoms with van der Waals surface area (Å²) in [5, 5.41) is 5.75. The minimum Gasteiger partial charge on any atom is -0.378 e.